The van der Waals surface area contributed by atoms with Gasteiger partial charge in [-0.15, -0.1) is 0 Å². The van der Waals surface area contributed by atoms with E-state index in [-0.39, 0.29) is 11.9 Å². The van der Waals surface area contributed by atoms with Gasteiger partial charge in [0.1, 0.15) is 0 Å². The first-order valence-corrected chi connectivity index (χ1v) is 8.87. The van der Waals surface area contributed by atoms with E-state index in [0.717, 1.165) is 29.0 Å². The fourth-order valence-electron chi connectivity index (χ4n) is 3.19. The molecule has 0 spiro atoms. The number of carbonyl (C=O) groups is 1. The number of hydrogen-bond acceptors (Lipinski definition) is 5. The minimum Gasteiger partial charge on any atom is -0.349 e. The summed E-state index contributed by atoms with van der Waals surface area (Å²) in [6.07, 6.45) is 5.88. The van der Waals surface area contributed by atoms with Crippen LogP contribution < -0.4 is 5.32 Å². The average molecular weight is 369 g/mol. The summed E-state index contributed by atoms with van der Waals surface area (Å²) in [5, 5.41) is 7.75. The summed E-state index contributed by atoms with van der Waals surface area (Å²) >= 11 is 6.03. The Bertz CT molecular complexity index is 926. The van der Waals surface area contributed by atoms with Crippen LogP contribution >= 0.6 is 11.6 Å². The Morgan fingerprint density at radius 2 is 2.27 bits per heavy atom. The number of nitrogens with zero attached hydrogens (tertiary/aromatic N) is 3. The lowest BCUT2D eigenvalue weighted by molar-refractivity contribution is -0.121. The van der Waals surface area contributed by atoms with Crippen molar-refractivity contribution in [1.82, 2.24) is 20.4 Å². The Morgan fingerprint density at radius 1 is 1.35 bits per heavy atom. The van der Waals surface area contributed by atoms with Crippen LogP contribution in [0.25, 0.3) is 11.4 Å². The summed E-state index contributed by atoms with van der Waals surface area (Å²) in [7, 11) is 0. The Hall–Kier alpha value is -2.73. The van der Waals surface area contributed by atoms with Gasteiger partial charge in [0.2, 0.25) is 17.6 Å². The zero-order valence-corrected chi connectivity index (χ0v) is 14.7. The van der Waals surface area contributed by atoms with Gasteiger partial charge < -0.3 is 9.84 Å². The maximum atomic E-state index is 12.3. The molecule has 1 unspecified atom stereocenters. The van der Waals surface area contributed by atoms with Gasteiger partial charge in [0.25, 0.3) is 0 Å². The summed E-state index contributed by atoms with van der Waals surface area (Å²) in [5.41, 5.74) is 3.15. The maximum Gasteiger partial charge on any atom is 0.227 e. The molecule has 4 rings (SSSR count). The highest BCUT2D eigenvalue weighted by Crippen LogP contribution is 2.32. The Kier molecular flexibility index (Phi) is 4.67. The summed E-state index contributed by atoms with van der Waals surface area (Å²) in [4.78, 5) is 20.6. The highest BCUT2D eigenvalue weighted by atomic mass is 35.5. The van der Waals surface area contributed by atoms with E-state index in [2.05, 4.69) is 20.4 Å². The molecule has 0 saturated heterocycles. The minimum atomic E-state index is -0.0288. The van der Waals surface area contributed by atoms with E-state index in [1.165, 1.54) is 5.56 Å². The number of aryl methyl sites for hydroxylation is 2. The maximum absolute atomic E-state index is 12.3. The van der Waals surface area contributed by atoms with Gasteiger partial charge in [0.05, 0.1) is 6.04 Å². The molecule has 1 aliphatic carbocycles. The largest absolute Gasteiger partial charge is 0.349 e. The van der Waals surface area contributed by atoms with E-state index < -0.39 is 0 Å². The van der Waals surface area contributed by atoms with Crippen molar-refractivity contribution in [3.8, 4) is 11.4 Å². The molecule has 1 atom stereocenters. The SMILES string of the molecule is O=C(CCc1nc(-c2cccnc2)no1)NC1CCc2cc(Cl)ccc21. The number of rotatable bonds is 5. The molecular formula is C19H17ClN4O2. The zero-order chi connectivity index (χ0) is 17.9. The molecule has 1 N–H and O–H groups in total. The number of amides is 1. The summed E-state index contributed by atoms with van der Waals surface area (Å²) in [6, 6.07) is 9.55. The Balaban J connectivity index is 1.34. The van der Waals surface area contributed by atoms with Crippen LogP contribution in [0.15, 0.2) is 47.2 Å². The van der Waals surface area contributed by atoms with Crippen molar-refractivity contribution in [1.29, 1.82) is 0 Å². The molecular weight excluding hydrogens is 352 g/mol. The third kappa shape index (κ3) is 3.60. The second-order valence-electron chi connectivity index (χ2n) is 6.26. The van der Waals surface area contributed by atoms with Crippen LogP contribution in [0.2, 0.25) is 5.02 Å². The van der Waals surface area contributed by atoms with Gasteiger partial charge in [-0.3, -0.25) is 9.78 Å². The van der Waals surface area contributed by atoms with Gasteiger partial charge in [-0.1, -0.05) is 22.8 Å². The van der Waals surface area contributed by atoms with Crippen molar-refractivity contribution in [3.63, 3.8) is 0 Å². The smallest absolute Gasteiger partial charge is 0.227 e. The molecule has 1 amide bonds. The summed E-state index contributed by atoms with van der Waals surface area (Å²) in [6.45, 7) is 0. The lowest BCUT2D eigenvalue weighted by atomic mass is 10.1. The van der Waals surface area contributed by atoms with Crippen molar-refractivity contribution < 1.29 is 9.32 Å². The first-order valence-electron chi connectivity index (χ1n) is 8.50. The van der Waals surface area contributed by atoms with E-state index in [1.54, 1.807) is 12.4 Å². The van der Waals surface area contributed by atoms with Crippen molar-refractivity contribution in [2.24, 2.45) is 0 Å². The first kappa shape index (κ1) is 16.7. The average Bonchev–Trinajstić information content (AvgIpc) is 3.28. The second-order valence-corrected chi connectivity index (χ2v) is 6.69. The van der Waals surface area contributed by atoms with E-state index in [9.17, 15) is 4.79 Å². The quantitative estimate of drug-likeness (QED) is 0.745. The molecule has 3 aromatic rings. The van der Waals surface area contributed by atoms with Gasteiger partial charge in [0, 0.05) is 35.8 Å². The third-order valence-corrected chi connectivity index (χ3v) is 4.71. The summed E-state index contributed by atoms with van der Waals surface area (Å²) < 4.78 is 5.23. The van der Waals surface area contributed by atoms with Gasteiger partial charge in [-0.2, -0.15) is 4.98 Å². The highest BCUT2D eigenvalue weighted by Gasteiger charge is 2.24. The number of fused-ring (bicyclic) bond motifs is 1. The monoisotopic (exact) mass is 368 g/mol. The van der Waals surface area contributed by atoms with Gasteiger partial charge in [-0.25, -0.2) is 0 Å². The zero-order valence-electron chi connectivity index (χ0n) is 14.0. The first-order chi connectivity index (χ1) is 12.7. The number of carbonyl (C=O) groups excluding carboxylic acids is 1. The van der Waals surface area contributed by atoms with Gasteiger partial charge in [0.15, 0.2) is 0 Å². The topological polar surface area (TPSA) is 80.9 Å². The number of nitrogens with one attached hydrogen (secondary N) is 1. The van der Waals surface area contributed by atoms with Crippen molar-refractivity contribution in [3.05, 3.63) is 64.8 Å². The molecule has 1 aliphatic rings. The van der Waals surface area contributed by atoms with Gasteiger partial charge >= 0.3 is 0 Å². The number of hydrogen-bond donors (Lipinski definition) is 1. The fourth-order valence-corrected chi connectivity index (χ4v) is 3.39. The number of benzene rings is 1. The van der Waals surface area contributed by atoms with Crippen molar-refractivity contribution >= 4 is 17.5 Å². The third-order valence-electron chi connectivity index (χ3n) is 4.47. The molecule has 0 bridgehead atoms. The summed E-state index contributed by atoms with van der Waals surface area (Å²) in [5.74, 6) is 0.895. The molecule has 6 nitrogen and oxygen atoms in total. The molecule has 7 heteroatoms. The lowest BCUT2D eigenvalue weighted by Crippen LogP contribution is -2.27. The van der Waals surface area contributed by atoms with Crippen molar-refractivity contribution in [2.75, 3.05) is 0 Å². The van der Waals surface area contributed by atoms with Crippen LogP contribution in [0.3, 0.4) is 0 Å². The molecule has 2 aromatic heterocycles. The number of aromatic nitrogens is 3. The Labute approximate surface area is 155 Å². The van der Waals surface area contributed by atoms with Crippen LogP contribution in [0, 0.1) is 0 Å². The van der Waals surface area contributed by atoms with Crippen molar-refractivity contribution in [2.45, 2.75) is 31.7 Å². The van der Waals surface area contributed by atoms with E-state index >= 15 is 0 Å². The highest BCUT2D eigenvalue weighted by molar-refractivity contribution is 6.30. The number of pyridine rings is 1. The molecule has 26 heavy (non-hydrogen) atoms. The lowest BCUT2D eigenvalue weighted by Gasteiger charge is -2.13. The molecule has 1 aromatic carbocycles. The Morgan fingerprint density at radius 3 is 3.12 bits per heavy atom. The molecule has 132 valence electrons. The van der Waals surface area contributed by atoms with Crippen LogP contribution in [-0.4, -0.2) is 21.0 Å². The second kappa shape index (κ2) is 7.25. The predicted molar refractivity (Wildman–Crippen MR) is 96.5 cm³/mol. The van der Waals surface area contributed by atoms with Crippen LogP contribution in [0.1, 0.15) is 35.9 Å². The van der Waals surface area contributed by atoms with Crippen LogP contribution in [-0.2, 0) is 17.6 Å². The molecule has 0 radical (unpaired) electrons. The van der Waals surface area contributed by atoms with Crippen LogP contribution in [0.5, 0.6) is 0 Å². The fraction of sp³-hybridized carbons (Fsp3) is 0.263. The normalized spacial score (nSPS) is 15.7. The minimum absolute atomic E-state index is 0.0288. The van der Waals surface area contributed by atoms with E-state index in [0.29, 0.717) is 24.6 Å². The molecule has 0 fully saturated rings. The molecule has 0 saturated carbocycles. The predicted octanol–water partition coefficient (Wildman–Crippen LogP) is 3.52. The standard InChI is InChI=1S/C19H17ClN4O2/c20-14-4-5-15-12(10-14)3-6-16(15)22-17(25)7-8-18-23-19(24-26-18)13-2-1-9-21-11-13/h1-2,4-5,9-11,16H,3,6-8H2,(H,22,25). The number of halogens is 1. The van der Waals surface area contributed by atoms with Crippen LogP contribution in [0.4, 0.5) is 0 Å². The van der Waals surface area contributed by atoms with E-state index in [1.807, 2.05) is 30.3 Å². The van der Waals surface area contributed by atoms with E-state index in [4.69, 9.17) is 16.1 Å². The molecule has 0 aliphatic heterocycles. The molecule has 2 heterocycles. The van der Waals surface area contributed by atoms with Gasteiger partial charge in [-0.05, 0) is 48.2 Å².